The van der Waals surface area contributed by atoms with Crippen molar-refractivity contribution in [1.82, 2.24) is 24.4 Å². The second kappa shape index (κ2) is 9.17. The van der Waals surface area contributed by atoms with E-state index in [1.165, 1.54) is 11.8 Å². The van der Waals surface area contributed by atoms with E-state index in [1.54, 1.807) is 28.8 Å². The highest BCUT2D eigenvalue weighted by Crippen LogP contribution is 2.26. The van der Waals surface area contributed by atoms with Crippen molar-refractivity contribution in [3.8, 4) is 11.1 Å². The molecule has 4 aromatic rings. The van der Waals surface area contributed by atoms with E-state index < -0.39 is 9.84 Å². The zero-order valence-electron chi connectivity index (χ0n) is 19.3. The molecule has 2 aromatic heterocycles. The molecule has 178 valence electrons. The highest BCUT2D eigenvalue weighted by Gasteiger charge is 2.14. The third-order valence-electron chi connectivity index (χ3n) is 6.17. The van der Waals surface area contributed by atoms with Crippen molar-refractivity contribution in [1.29, 1.82) is 0 Å². The zero-order valence-corrected chi connectivity index (χ0v) is 20.2. The summed E-state index contributed by atoms with van der Waals surface area (Å²) in [6, 6.07) is 19.1. The Bertz CT molecular complexity index is 1400. The van der Waals surface area contributed by atoms with Gasteiger partial charge in [-0.25, -0.2) is 12.9 Å². The molecule has 0 spiro atoms. The smallest absolute Gasteiger partial charge is 0.247 e. The topological polar surface area (TPSA) is 82.8 Å². The fourth-order valence-electron chi connectivity index (χ4n) is 4.15. The molecule has 0 saturated carbocycles. The number of piperazine rings is 1. The second-order valence-electron chi connectivity index (χ2n) is 8.82. The number of hydrogen-bond acceptors (Lipinski definition) is 7. The van der Waals surface area contributed by atoms with Crippen LogP contribution in [0.3, 0.4) is 0 Å². The van der Waals surface area contributed by atoms with Crippen LogP contribution in [-0.4, -0.2) is 72.3 Å². The molecule has 2 aromatic carbocycles. The van der Waals surface area contributed by atoms with Gasteiger partial charge in [-0.05, 0) is 54.6 Å². The van der Waals surface area contributed by atoms with Crippen LogP contribution in [0.2, 0.25) is 0 Å². The number of likely N-dealkylation sites (N-methyl/N-ethyl adjacent to an activating group) is 1. The number of benzene rings is 2. The van der Waals surface area contributed by atoms with E-state index in [0.29, 0.717) is 16.5 Å². The molecule has 1 aliphatic heterocycles. The minimum absolute atomic E-state index is 0. The van der Waals surface area contributed by atoms with Crippen LogP contribution < -0.4 is 5.32 Å². The number of pyridine rings is 1. The molecule has 1 saturated heterocycles. The van der Waals surface area contributed by atoms with Crippen LogP contribution >= 0.6 is 0 Å². The van der Waals surface area contributed by atoms with Gasteiger partial charge in [0.2, 0.25) is 5.95 Å². The van der Waals surface area contributed by atoms with Crippen molar-refractivity contribution in [3.63, 3.8) is 0 Å². The van der Waals surface area contributed by atoms with Gasteiger partial charge in [0.1, 0.15) is 0 Å². The molecule has 0 atom stereocenters. The van der Waals surface area contributed by atoms with Crippen LogP contribution in [0.25, 0.3) is 16.8 Å². The molecule has 8 nitrogen and oxygen atoms in total. The predicted molar refractivity (Wildman–Crippen MR) is 136 cm³/mol. The molecular weight excluding hydrogens is 448 g/mol. The quantitative estimate of drug-likeness (QED) is 0.454. The Morgan fingerprint density at radius 2 is 1.68 bits per heavy atom. The number of hydrogen-bond donors (Lipinski definition) is 1. The van der Waals surface area contributed by atoms with Crippen molar-refractivity contribution in [2.24, 2.45) is 0 Å². The standard InChI is InChI=1S/C25H28N6O2S.H2/c1-29-14-16-30(17-15-29)18-19-5-9-21(10-6-19)26-25-27-24-23(4-3-13-31(24)28-25)20-7-11-22(12-8-20)34(2,32)33;/h3-13H,14-18H2,1-2H3,(H,26,28);1H. The van der Waals surface area contributed by atoms with Gasteiger partial charge in [0.15, 0.2) is 15.5 Å². The van der Waals surface area contributed by atoms with Crippen LogP contribution in [0.1, 0.15) is 6.99 Å². The summed E-state index contributed by atoms with van der Waals surface area (Å²) < 4.78 is 25.3. The van der Waals surface area contributed by atoms with Crippen LogP contribution in [0, 0.1) is 0 Å². The largest absolute Gasteiger partial charge is 0.323 e. The first-order valence-corrected chi connectivity index (χ1v) is 13.2. The molecule has 9 heteroatoms. The zero-order chi connectivity index (χ0) is 23.7. The van der Waals surface area contributed by atoms with Crippen LogP contribution in [0.15, 0.2) is 71.8 Å². The van der Waals surface area contributed by atoms with E-state index in [-0.39, 0.29) is 1.43 Å². The minimum Gasteiger partial charge on any atom is -0.323 e. The molecule has 5 rings (SSSR count). The summed E-state index contributed by atoms with van der Waals surface area (Å²) in [5.74, 6) is 0.507. The van der Waals surface area contributed by atoms with Gasteiger partial charge in [-0.15, -0.1) is 5.10 Å². The van der Waals surface area contributed by atoms with Gasteiger partial charge in [-0.1, -0.05) is 24.3 Å². The van der Waals surface area contributed by atoms with Gasteiger partial charge in [0.25, 0.3) is 0 Å². The third kappa shape index (κ3) is 4.96. The van der Waals surface area contributed by atoms with E-state index in [1.807, 2.05) is 18.3 Å². The minimum atomic E-state index is -3.24. The molecule has 3 heterocycles. The molecule has 0 radical (unpaired) electrons. The summed E-state index contributed by atoms with van der Waals surface area (Å²) in [4.78, 5) is 9.83. The van der Waals surface area contributed by atoms with Gasteiger partial charge in [0.05, 0.1) is 4.90 Å². The van der Waals surface area contributed by atoms with Crippen LogP contribution in [-0.2, 0) is 16.4 Å². The highest BCUT2D eigenvalue weighted by molar-refractivity contribution is 7.90. The van der Waals surface area contributed by atoms with Gasteiger partial charge < -0.3 is 10.2 Å². The lowest BCUT2D eigenvalue weighted by molar-refractivity contribution is 0.148. The van der Waals surface area contributed by atoms with Crippen molar-refractivity contribution >= 4 is 27.1 Å². The Labute approximate surface area is 201 Å². The Balaban J connectivity index is 0.00000289. The summed E-state index contributed by atoms with van der Waals surface area (Å²) in [7, 11) is -1.07. The van der Waals surface area contributed by atoms with Gasteiger partial charge in [0, 0.05) is 57.9 Å². The van der Waals surface area contributed by atoms with E-state index in [2.05, 4.69) is 56.5 Å². The Kier molecular flexibility index (Phi) is 6.07. The first-order valence-electron chi connectivity index (χ1n) is 11.3. The first-order chi connectivity index (χ1) is 16.3. The summed E-state index contributed by atoms with van der Waals surface area (Å²) in [6.45, 7) is 5.39. The van der Waals surface area contributed by atoms with Gasteiger partial charge >= 0.3 is 0 Å². The molecule has 1 N–H and O–H groups in total. The number of rotatable bonds is 6. The summed E-state index contributed by atoms with van der Waals surface area (Å²) in [6.07, 6.45) is 3.05. The summed E-state index contributed by atoms with van der Waals surface area (Å²) >= 11 is 0. The Morgan fingerprint density at radius 1 is 0.971 bits per heavy atom. The molecule has 1 fully saturated rings. The van der Waals surface area contributed by atoms with E-state index in [9.17, 15) is 8.42 Å². The van der Waals surface area contributed by atoms with Crippen LogP contribution in [0.4, 0.5) is 11.6 Å². The normalized spacial score (nSPS) is 15.6. The molecule has 0 bridgehead atoms. The molecule has 0 amide bonds. The lowest BCUT2D eigenvalue weighted by Gasteiger charge is -2.32. The summed E-state index contributed by atoms with van der Waals surface area (Å²) in [5, 5.41) is 7.85. The first kappa shape index (κ1) is 22.5. The number of nitrogens with zero attached hydrogens (tertiary/aromatic N) is 5. The molecule has 34 heavy (non-hydrogen) atoms. The monoisotopic (exact) mass is 478 g/mol. The van der Waals surface area contributed by atoms with Crippen molar-refractivity contribution in [3.05, 3.63) is 72.4 Å². The van der Waals surface area contributed by atoms with Gasteiger partial charge in [-0.2, -0.15) is 4.98 Å². The van der Waals surface area contributed by atoms with Gasteiger partial charge in [-0.3, -0.25) is 4.90 Å². The number of fused-ring (bicyclic) bond motifs is 1. The number of nitrogens with one attached hydrogen (secondary N) is 1. The van der Waals surface area contributed by atoms with Crippen LogP contribution in [0.5, 0.6) is 0 Å². The van der Waals surface area contributed by atoms with Crippen molar-refractivity contribution in [2.75, 3.05) is 44.8 Å². The number of sulfone groups is 1. The van der Waals surface area contributed by atoms with Crippen molar-refractivity contribution < 1.29 is 9.84 Å². The molecular formula is C25H30N6O2S. The summed E-state index contributed by atoms with van der Waals surface area (Å²) in [5.41, 5.74) is 4.68. The lowest BCUT2D eigenvalue weighted by atomic mass is 10.1. The maximum atomic E-state index is 11.8. The number of anilines is 2. The maximum Gasteiger partial charge on any atom is 0.247 e. The van der Waals surface area contributed by atoms with E-state index in [0.717, 1.165) is 49.5 Å². The molecule has 0 aliphatic carbocycles. The van der Waals surface area contributed by atoms with Crippen molar-refractivity contribution in [2.45, 2.75) is 11.4 Å². The molecule has 0 unspecified atom stereocenters. The lowest BCUT2D eigenvalue weighted by Crippen LogP contribution is -2.43. The Hall–Kier alpha value is -3.27. The predicted octanol–water partition coefficient (Wildman–Crippen LogP) is 3.54. The van der Waals surface area contributed by atoms with E-state index in [4.69, 9.17) is 0 Å². The second-order valence-corrected chi connectivity index (χ2v) is 10.8. The molecule has 1 aliphatic rings. The average molecular weight is 479 g/mol. The maximum absolute atomic E-state index is 11.8. The SMILES string of the molecule is CN1CCN(Cc2ccc(Nc3nc4c(-c5ccc(S(C)(=O)=O)cc5)cccn4n3)cc2)CC1.[HH]. The average Bonchev–Trinajstić information content (AvgIpc) is 3.24. The van der Waals surface area contributed by atoms with E-state index >= 15 is 0 Å². The number of aromatic nitrogens is 3. The fraction of sp³-hybridized carbons (Fsp3) is 0.280. The fourth-order valence-corrected chi connectivity index (χ4v) is 4.78. The highest BCUT2D eigenvalue weighted by atomic mass is 32.2. The third-order valence-corrected chi connectivity index (χ3v) is 7.30. The Morgan fingerprint density at radius 3 is 2.35 bits per heavy atom.